The van der Waals surface area contributed by atoms with E-state index >= 15 is 0 Å². The van der Waals surface area contributed by atoms with E-state index in [1.54, 1.807) is 18.5 Å². The predicted molar refractivity (Wildman–Crippen MR) is 47.3 cm³/mol. The van der Waals surface area contributed by atoms with Crippen molar-refractivity contribution in [3.63, 3.8) is 0 Å². The van der Waals surface area contributed by atoms with Gasteiger partial charge in [0.25, 0.3) is 0 Å². The molecule has 0 unspecified atom stereocenters. The molecule has 0 radical (unpaired) electrons. The molecule has 0 amide bonds. The van der Waals surface area contributed by atoms with Gasteiger partial charge in [0.15, 0.2) is 5.82 Å². The van der Waals surface area contributed by atoms with E-state index < -0.39 is 0 Å². The fourth-order valence-corrected chi connectivity index (χ4v) is 0.734. The van der Waals surface area contributed by atoms with Crippen LogP contribution in [0.3, 0.4) is 0 Å². The number of hydrogen-bond donors (Lipinski definition) is 0. The van der Waals surface area contributed by atoms with Crippen molar-refractivity contribution in [1.82, 2.24) is 4.98 Å². The Kier molecular flexibility index (Phi) is 2.49. The first-order chi connectivity index (χ1) is 5.38. The van der Waals surface area contributed by atoms with Crippen molar-refractivity contribution in [2.75, 3.05) is 0 Å². The monoisotopic (exact) mass is 147 g/mol. The topological polar surface area (TPSA) is 37.6 Å². The molecule has 1 aromatic rings. The summed E-state index contributed by atoms with van der Waals surface area (Å²) in [7, 11) is 0. The maximum atomic E-state index is 4.01. The Morgan fingerprint density at radius 3 is 3.09 bits per heavy atom. The molecule has 0 bridgehead atoms. The Morgan fingerprint density at radius 1 is 1.64 bits per heavy atom. The van der Waals surface area contributed by atoms with Gasteiger partial charge in [0, 0.05) is 12.4 Å². The number of aromatic nitrogens is 1. The first-order valence-electron chi connectivity index (χ1n) is 3.29. The van der Waals surface area contributed by atoms with Crippen molar-refractivity contribution in [3.8, 4) is 0 Å². The van der Waals surface area contributed by atoms with Crippen LogP contribution in [0.25, 0.3) is 0 Å². The van der Waals surface area contributed by atoms with Gasteiger partial charge in [0.1, 0.15) is 5.69 Å². The molecule has 1 heterocycles. The third kappa shape index (κ3) is 1.70. The lowest BCUT2D eigenvalue weighted by molar-refractivity contribution is 1.26. The van der Waals surface area contributed by atoms with Crippen LogP contribution in [-0.4, -0.2) is 17.9 Å². The fourth-order valence-electron chi connectivity index (χ4n) is 0.734. The van der Waals surface area contributed by atoms with Crippen LogP contribution < -0.4 is 0 Å². The van der Waals surface area contributed by atoms with E-state index in [2.05, 4.69) is 21.7 Å². The van der Waals surface area contributed by atoms with Gasteiger partial charge in [-0.1, -0.05) is 0 Å². The summed E-state index contributed by atoms with van der Waals surface area (Å²) in [6.45, 7) is 5.24. The van der Waals surface area contributed by atoms with Gasteiger partial charge in [-0.3, -0.25) is 4.99 Å². The molecule has 3 nitrogen and oxygen atoms in total. The minimum atomic E-state index is 0.616. The highest BCUT2D eigenvalue weighted by Gasteiger charge is 1.95. The van der Waals surface area contributed by atoms with Crippen molar-refractivity contribution in [1.29, 1.82) is 0 Å². The van der Waals surface area contributed by atoms with E-state index in [1.165, 1.54) is 0 Å². The Bertz CT molecular complexity index is 278. The zero-order chi connectivity index (χ0) is 8.10. The molecule has 0 spiro atoms. The summed E-state index contributed by atoms with van der Waals surface area (Å²) in [6.07, 6.45) is 3.36. The molecule has 0 atom stereocenters. The molecule has 0 aliphatic carbocycles. The minimum absolute atomic E-state index is 0.616. The van der Waals surface area contributed by atoms with E-state index in [1.807, 2.05) is 13.0 Å². The van der Waals surface area contributed by atoms with Crippen LogP contribution in [0.5, 0.6) is 0 Å². The third-order valence-electron chi connectivity index (χ3n) is 1.19. The molecular weight excluding hydrogens is 138 g/mol. The number of hydrogen-bond acceptors (Lipinski definition) is 3. The number of rotatable bonds is 2. The summed E-state index contributed by atoms with van der Waals surface area (Å²) in [4.78, 5) is 11.8. The second-order valence-corrected chi connectivity index (χ2v) is 1.89. The highest BCUT2D eigenvalue weighted by atomic mass is 14.9. The Hall–Kier alpha value is -1.51. The molecule has 11 heavy (non-hydrogen) atoms. The average molecular weight is 147 g/mol. The number of nitrogens with zero attached hydrogens (tertiary/aromatic N) is 3. The largest absolute Gasteiger partial charge is 0.261 e. The standard InChI is InChI=1S/C8H9N3/c1-3-10-8-7(9-2)5-4-6-11-8/h3-6H,2H2,1H3/b10-3-. The van der Waals surface area contributed by atoms with Crippen LogP contribution >= 0.6 is 0 Å². The maximum absolute atomic E-state index is 4.01. The molecule has 1 aromatic heterocycles. The van der Waals surface area contributed by atoms with Crippen molar-refractivity contribution in [2.45, 2.75) is 6.92 Å². The van der Waals surface area contributed by atoms with Gasteiger partial charge in [-0.05, 0) is 25.8 Å². The molecule has 0 saturated carbocycles. The predicted octanol–water partition coefficient (Wildman–Crippen LogP) is 2.14. The van der Waals surface area contributed by atoms with Crippen LogP contribution in [0.15, 0.2) is 28.3 Å². The lowest BCUT2D eigenvalue weighted by Crippen LogP contribution is -1.73. The third-order valence-corrected chi connectivity index (χ3v) is 1.19. The second-order valence-electron chi connectivity index (χ2n) is 1.89. The van der Waals surface area contributed by atoms with Gasteiger partial charge >= 0.3 is 0 Å². The normalized spacial score (nSPS) is 10.3. The summed E-state index contributed by atoms with van der Waals surface area (Å²) >= 11 is 0. The van der Waals surface area contributed by atoms with Crippen LogP contribution in [0.4, 0.5) is 11.5 Å². The fraction of sp³-hybridized carbons (Fsp3) is 0.125. The SMILES string of the molecule is C=Nc1cccnc1/N=C\C. The van der Waals surface area contributed by atoms with Crippen LogP contribution in [0.1, 0.15) is 6.92 Å². The summed E-state index contributed by atoms with van der Waals surface area (Å²) < 4.78 is 0. The van der Waals surface area contributed by atoms with Crippen LogP contribution in [-0.2, 0) is 0 Å². The van der Waals surface area contributed by atoms with Crippen molar-refractivity contribution in [2.24, 2.45) is 9.98 Å². The van der Waals surface area contributed by atoms with Crippen LogP contribution in [0, 0.1) is 0 Å². The van der Waals surface area contributed by atoms with E-state index in [0.29, 0.717) is 11.5 Å². The van der Waals surface area contributed by atoms with Gasteiger partial charge in [0.05, 0.1) is 0 Å². The lowest BCUT2D eigenvalue weighted by atomic mass is 10.4. The second kappa shape index (κ2) is 3.61. The van der Waals surface area contributed by atoms with E-state index in [-0.39, 0.29) is 0 Å². The van der Waals surface area contributed by atoms with Crippen molar-refractivity contribution < 1.29 is 0 Å². The molecule has 0 N–H and O–H groups in total. The Balaban J connectivity index is 3.11. The van der Waals surface area contributed by atoms with Gasteiger partial charge < -0.3 is 0 Å². The Morgan fingerprint density at radius 2 is 2.45 bits per heavy atom. The Labute approximate surface area is 65.5 Å². The minimum Gasteiger partial charge on any atom is -0.261 e. The molecule has 56 valence electrons. The zero-order valence-electron chi connectivity index (χ0n) is 6.36. The van der Waals surface area contributed by atoms with E-state index in [4.69, 9.17) is 0 Å². The molecule has 3 heteroatoms. The molecule has 0 aromatic carbocycles. The van der Waals surface area contributed by atoms with Crippen molar-refractivity contribution >= 4 is 24.4 Å². The highest BCUT2D eigenvalue weighted by Crippen LogP contribution is 2.22. The summed E-state index contributed by atoms with van der Waals surface area (Å²) in [6, 6.07) is 3.63. The van der Waals surface area contributed by atoms with Crippen LogP contribution in [0.2, 0.25) is 0 Å². The first kappa shape index (κ1) is 7.60. The molecule has 0 saturated heterocycles. The van der Waals surface area contributed by atoms with E-state index in [0.717, 1.165) is 0 Å². The smallest absolute Gasteiger partial charge is 0.177 e. The van der Waals surface area contributed by atoms with Gasteiger partial charge in [0.2, 0.25) is 0 Å². The van der Waals surface area contributed by atoms with E-state index in [9.17, 15) is 0 Å². The molecule has 0 aliphatic rings. The first-order valence-corrected chi connectivity index (χ1v) is 3.29. The highest BCUT2D eigenvalue weighted by molar-refractivity contribution is 5.67. The average Bonchev–Trinajstić information content (AvgIpc) is 2.06. The summed E-state index contributed by atoms with van der Waals surface area (Å²) in [5.41, 5.74) is 0.714. The molecule has 0 aliphatic heterocycles. The zero-order valence-corrected chi connectivity index (χ0v) is 6.36. The quantitative estimate of drug-likeness (QED) is 0.590. The molecule has 1 rings (SSSR count). The number of aliphatic imine (C=N–C) groups is 2. The van der Waals surface area contributed by atoms with Crippen molar-refractivity contribution in [3.05, 3.63) is 18.3 Å². The summed E-state index contributed by atoms with van der Waals surface area (Å²) in [5.74, 6) is 0.616. The molecular formula is C8H9N3. The molecule has 0 fully saturated rings. The van der Waals surface area contributed by atoms with Gasteiger partial charge in [-0.2, -0.15) is 0 Å². The lowest BCUT2D eigenvalue weighted by Gasteiger charge is -1.94. The van der Waals surface area contributed by atoms with Gasteiger partial charge in [-0.15, -0.1) is 0 Å². The number of pyridine rings is 1. The maximum Gasteiger partial charge on any atom is 0.177 e. The van der Waals surface area contributed by atoms with Gasteiger partial charge in [-0.25, -0.2) is 9.98 Å². The summed E-state index contributed by atoms with van der Waals surface area (Å²) in [5, 5.41) is 0.